The topological polar surface area (TPSA) is 59.2 Å². The van der Waals surface area contributed by atoms with E-state index in [4.69, 9.17) is 4.52 Å². The van der Waals surface area contributed by atoms with Crippen LogP contribution in [0.1, 0.15) is 30.5 Å². The van der Waals surface area contributed by atoms with Crippen LogP contribution in [0, 0.1) is 12.8 Å². The highest BCUT2D eigenvalue weighted by Crippen LogP contribution is 2.35. The fraction of sp³-hybridized carbons (Fsp3) is 0.700. The van der Waals surface area contributed by atoms with Gasteiger partial charge in [0.05, 0.1) is 5.92 Å². The van der Waals surface area contributed by atoms with Crippen molar-refractivity contribution in [1.82, 2.24) is 15.0 Å². The minimum absolute atomic E-state index is 0.258. The molecule has 0 bridgehead atoms. The minimum Gasteiger partial charge on any atom is -0.341 e. The largest absolute Gasteiger partial charge is 0.341 e. The Balaban J connectivity index is 1.59. The molecule has 1 aromatic rings. The van der Waals surface area contributed by atoms with E-state index in [1.165, 1.54) is 0 Å². The molecular weight excluding hydrogens is 194 g/mol. The smallest absolute Gasteiger partial charge is 0.233 e. The van der Waals surface area contributed by atoms with Gasteiger partial charge in [0.15, 0.2) is 5.82 Å². The van der Waals surface area contributed by atoms with Gasteiger partial charge in [-0.25, -0.2) is 0 Å². The van der Waals surface area contributed by atoms with E-state index in [2.05, 4.69) is 10.1 Å². The van der Waals surface area contributed by atoms with Crippen molar-refractivity contribution in [3.8, 4) is 0 Å². The Morgan fingerprint density at radius 3 is 2.73 bits per heavy atom. The van der Waals surface area contributed by atoms with Crippen molar-refractivity contribution in [2.45, 2.75) is 25.7 Å². The molecule has 1 aromatic heterocycles. The number of hydrogen-bond acceptors (Lipinski definition) is 4. The first kappa shape index (κ1) is 8.88. The summed E-state index contributed by atoms with van der Waals surface area (Å²) >= 11 is 0. The zero-order valence-electron chi connectivity index (χ0n) is 8.64. The lowest BCUT2D eigenvalue weighted by molar-refractivity contribution is -0.137. The van der Waals surface area contributed by atoms with Gasteiger partial charge in [-0.2, -0.15) is 4.98 Å². The summed E-state index contributed by atoms with van der Waals surface area (Å²) in [7, 11) is 0. The molecule has 5 nitrogen and oxygen atoms in total. The lowest BCUT2D eigenvalue weighted by atomic mass is 9.99. The second kappa shape index (κ2) is 3.05. The number of nitrogens with zero attached hydrogens (tertiary/aromatic N) is 3. The number of likely N-dealkylation sites (tertiary alicyclic amines) is 1. The first-order valence-corrected chi connectivity index (χ1v) is 5.33. The second-order valence-corrected chi connectivity index (χ2v) is 4.39. The number of aryl methyl sites for hydroxylation is 1. The maximum Gasteiger partial charge on any atom is 0.233 e. The molecule has 1 saturated carbocycles. The van der Waals surface area contributed by atoms with Gasteiger partial charge in [-0.15, -0.1) is 0 Å². The van der Waals surface area contributed by atoms with Gasteiger partial charge in [-0.1, -0.05) is 5.16 Å². The van der Waals surface area contributed by atoms with Crippen molar-refractivity contribution in [2.24, 2.45) is 5.92 Å². The van der Waals surface area contributed by atoms with Crippen LogP contribution in [0.3, 0.4) is 0 Å². The summed E-state index contributed by atoms with van der Waals surface area (Å²) in [5, 5.41) is 3.75. The Kier molecular flexibility index (Phi) is 1.81. The monoisotopic (exact) mass is 207 g/mol. The number of carbonyl (C=O) groups excluding carboxylic acids is 1. The van der Waals surface area contributed by atoms with Gasteiger partial charge in [0.1, 0.15) is 0 Å². The maximum absolute atomic E-state index is 11.6. The summed E-state index contributed by atoms with van der Waals surface area (Å²) in [6, 6.07) is 0. The molecule has 80 valence electrons. The summed E-state index contributed by atoms with van der Waals surface area (Å²) in [5.41, 5.74) is 0. The molecule has 1 aliphatic heterocycles. The Labute approximate surface area is 87.4 Å². The van der Waals surface area contributed by atoms with Crippen LogP contribution >= 0.6 is 0 Å². The first-order valence-electron chi connectivity index (χ1n) is 5.33. The number of rotatable bonds is 2. The van der Waals surface area contributed by atoms with Gasteiger partial charge >= 0.3 is 0 Å². The predicted octanol–water partition coefficient (Wildman–Crippen LogP) is 0.714. The van der Waals surface area contributed by atoms with E-state index in [1.54, 1.807) is 6.92 Å². The van der Waals surface area contributed by atoms with Gasteiger partial charge in [-0.05, 0) is 19.8 Å². The van der Waals surface area contributed by atoms with Crippen molar-refractivity contribution in [3.05, 3.63) is 11.7 Å². The third-order valence-electron chi connectivity index (χ3n) is 3.01. The van der Waals surface area contributed by atoms with Crippen LogP contribution in [0.2, 0.25) is 0 Å². The fourth-order valence-corrected chi connectivity index (χ4v) is 1.88. The highest BCUT2D eigenvalue weighted by Gasteiger charge is 2.41. The molecule has 0 N–H and O–H groups in total. The Morgan fingerprint density at radius 2 is 2.20 bits per heavy atom. The Morgan fingerprint density at radius 1 is 1.47 bits per heavy atom. The van der Waals surface area contributed by atoms with Gasteiger partial charge in [0.25, 0.3) is 0 Å². The SMILES string of the molecule is Cc1noc(C2CN(C(=O)C3CC3)C2)n1. The van der Waals surface area contributed by atoms with Crippen LogP contribution < -0.4 is 0 Å². The molecule has 0 atom stereocenters. The van der Waals surface area contributed by atoms with Crippen molar-refractivity contribution in [2.75, 3.05) is 13.1 Å². The summed E-state index contributed by atoms with van der Waals surface area (Å²) in [5.74, 6) is 2.22. The highest BCUT2D eigenvalue weighted by atomic mass is 16.5. The average Bonchev–Trinajstić information content (AvgIpc) is 2.89. The van der Waals surface area contributed by atoms with Gasteiger partial charge < -0.3 is 9.42 Å². The molecule has 0 spiro atoms. The maximum atomic E-state index is 11.6. The molecule has 2 heterocycles. The van der Waals surface area contributed by atoms with E-state index < -0.39 is 0 Å². The van der Waals surface area contributed by atoms with Crippen molar-refractivity contribution in [1.29, 1.82) is 0 Å². The average molecular weight is 207 g/mol. The number of hydrogen-bond donors (Lipinski definition) is 0. The van der Waals surface area contributed by atoms with Crippen molar-refractivity contribution < 1.29 is 9.32 Å². The van der Waals surface area contributed by atoms with Gasteiger partial charge in [0.2, 0.25) is 11.8 Å². The molecule has 15 heavy (non-hydrogen) atoms. The number of carbonyl (C=O) groups is 1. The van der Waals surface area contributed by atoms with Crippen LogP contribution in [-0.2, 0) is 4.79 Å². The molecule has 1 saturated heterocycles. The van der Waals surface area contributed by atoms with Crippen LogP contribution in [0.4, 0.5) is 0 Å². The zero-order chi connectivity index (χ0) is 10.4. The summed E-state index contributed by atoms with van der Waals surface area (Å²) in [6.07, 6.45) is 2.14. The van der Waals surface area contributed by atoms with E-state index in [0.29, 0.717) is 23.5 Å². The predicted molar refractivity (Wildman–Crippen MR) is 51.1 cm³/mol. The molecule has 3 rings (SSSR count). The molecule has 1 amide bonds. The molecule has 2 fully saturated rings. The van der Waals surface area contributed by atoms with E-state index in [-0.39, 0.29) is 5.92 Å². The van der Waals surface area contributed by atoms with Gasteiger partial charge in [0, 0.05) is 19.0 Å². The van der Waals surface area contributed by atoms with Crippen LogP contribution in [0.15, 0.2) is 4.52 Å². The van der Waals surface area contributed by atoms with E-state index in [0.717, 1.165) is 25.9 Å². The van der Waals surface area contributed by atoms with Crippen LogP contribution in [0.5, 0.6) is 0 Å². The minimum atomic E-state index is 0.258. The molecule has 0 unspecified atom stereocenters. The van der Waals surface area contributed by atoms with E-state index in [1.807, 2.05) is 4.90 Å². The summed E-state index contributed by atoms with van der Waals surface area (Å²) in [4.78, 5) is 17.7. The Bertz CT molecular complexity index is 391. The highest BCUT2D eigenvalue weighted by molar-refractivity contribution is 5.81. The summed E-state index contributed by atoms with van der Waals surface area (Å²) < 4.78 is 5.07. The van der Waals surface area contributed by atoms with Crippen molar-refractivity contribution >= 4 is 5.91 Å². The molecular formula is C10H13N3O2. The first-order chi connectivity index (χ1) is 7.24. The second-order valence-electron chi connectivity index (χ2n) is 4.39. The quantitative estimate of drug-likeness (QED) is 0.716. The third-order valence-corrected chi connectivity index (χ3v) is 3.01. The van der Waals surface area contributed by atoms with Crippen LogP contribution in [0.25, 0.3) is 0 Å². The molecule has 5 heteroatoms. The molecule has 1 aliphatic carbocycles. The lowest BCUT2D eigenvalue weighted by Gasteiger charge is -2.37. The van der Waals surface area contributed by atoms with Crippen LogP contribution in [-0.4, -0.2) is 34.0 Å². The third kappa shape index (κ3) is 1.52. The summed E-state index contributed by atoms with van der Waals surface area (Å²) in [6.45, 7) is 3.30. The Hall–Kier alpha value is -1.39. The molecule has 2 aliphatic rings. The lowest BCUT2D eigenvalue weighted by Crippen LogP contribution is -2.49. The molecule has 0 aromatic carbocycles. The van der Waals surface area contributed by atoms with E-state index in [9.17, 15) is 4.79 Å². The number of aromatic nitrogens is 2. The number of amides is 1. The van der Waals surface area contributed by atoms with Gasteiger partial charge in [-0.3, -0.25) is 4.79 Å². The molecule has 0 radical (unpaired) electrons. The van der Waals surface area contributed by atoms with Crippen molar-refractivity contribution in [3.63, 3.8) is 0 Å². The standard InChI is InChI=1S/C10H13N3O2/c1-6-11-9(15-12-6)8-4-13(5-8)10(14)7-2-3-7/h7-8H,2-5H2,1H3. The normalized spacial score (nSPS) is 21.5. The fourth-order valence-electron chi connectivity index (χ4n) is 1.88. The zero-order valence-corrected chi connectivity index (χ0v) is 8.64. The van der Waals surface area contributed by atoms with E-state index >= 15 is 0 Å².